The molecule has 1 aromatic carbocycles. The number of fused-ring (bicyclic) bond motifs is 3. The number of benzene rings is 1. The molecule has 0 atom stereocenters. The Morgan fingerprint density at radius 3 is 2.74 bits per heavy atom. The van der Waals surface area contributed by atoms with Gasteiger partial charge in [-0.1, -0.05) is 12.1 Å². The van der Waals surface area contributed by atoms with E-state index in [4.69, 9.17) is 9.47 Å². The van der Waals surface area contributed by atoms with Crippen molar-refractivity contribution in [2.24, 2.45) is 0 Å². The molecule has 9 heteroatoms. The zero-order valence-electron chi connectivity index (χ0n) is 17.8. The lowest BCUT2D eigenvalue weighted by atomic mass is 9.78. The molecule has 2 aromatic rings. The lowest BCUT2D eigenvalue weighted by molar-refractivity contribution is -0.0947. The molecule has 7 nitrogen and oxygen atoms in total. The van der Waals surface area contributed by atoms with Crippen LogP contribution in [0.1, 0.15) is 40.3 Å². The van der Waals surface area contributed by atoms with Gasteiger partial charge in [0, 0.05) is 50.9 Å². The van der Waals surface area contributed by atoms with Crippen LogP contribution >= 0.6 is 24.8 Å². The monoisotopic (exact) mass is 468 g/mol. The lowest BCUT2D eigenvalue weighted by Gasteiger charge is -2.45. The highest BCUT2D eigenvalue weighted by Crippen LogP contribution is 2.45. The van der Waals surface area contributed by atoms with Gasteiger partial charge >= 0.3 is 0 Å². The van der Waals surface area contributed by atoms with E-state index in [2.05, 4.69) is 20.9 Å². The molecular weight excluding hydrogens is 439 g/mol. The number of hydrogen-bond donors (Lipinski definition) is 1. The largest absolute Gasteiger partial charge is 0.496 e. The normalized spacial score (nSPS) is 19.3. The summed E-state index contributed by atoms with van der Waals surface area (Å²) >= 11 is 0. The molecule has 1 spiro atoms. The third kappa shape index (κ3) is 4.29. The van der Waals surface area contributed by atoms with Crippen molar-refractivity contribution in [2.45, 2.75) is 37.8 Å². The van der Waals surface area contributed by atoms with Crippen LogP contribution in [0.15, 0.2) is 24.4 Å². The number of carbonyl (C=O) groups excluding carboxylic acids is 1. The summed E-state index contributed by atoms with van der Waals surface area (Å²) in [5.74, 6) is 1.93. The van der Waals surface area contributed by atoms with Crippen LogP contribution < -0.4 is 10.1 Å². The molecule has 31 heavy (non-hydrogen) atoms. The number of likely N-dealkylation sites (tertiary alicyclic amines) is 1. The Morgan fingerprint density at radius 1 is 1.16 bits per heavy atom. The Morgan fingerprint density at radius 2 is 1.97 bits per heavy atom. The molecule has 0 bridgehead atoms. The van der Waals surface area contributed by atoms with Gasteiger partial charge in [-0.3, -0.25) is 4.79 Å². The summed E-state index contributed by atoms with van der Waals surface area (Å²) in [6, 6.07) is 6.24. The van der Waals surface area contributed by atoms with Gasteiger partial charge in [-0.15, -0.1) is 24.8 Å². The first-order valence-corrected chi connectivity index (χ1v) is 10.6. The molecule has 5 rings (SSSR count). The van der Waals surface area contributed by atoms with E-state index in [1.807, 2.05) is 23.2 Å². The fourth-order valence-corrected chi connectivity index (χ4v) is 5.00. The number of imidazole rings is 1. The Kier molecular flexibility index (Phi) is 7.52. The molecule has 4 heterocycles. The molecule has 0 saturated carbocycles. The number of nitrogens with one attached hydrogen (secondary N) is 1. The van der Waals surface area contributed by atoms with Crippen molar-refractivity contribution >= 4 is 30.7 Å². The molecule has 3 aliphatic heterocycles. The number of hydrogen-bond acceptors (Lipinski definition) is 5. The Bertz CT molecular complexity index is 888. The maximum atomic E-state index is 13.1. The minimum atomic E-state index is -0.353. The summed E-state index contributed by atoms with van der Waals surface area (Å²) in [6.07, 6.45) is 5.25. The lowest BCUT2D eigenvalue weighted by Crippen LogP contribution is -2.48. The summed E-state index contributed by atoms with van der Waals surface area (Å²) in [5.41, 5.74) is 2.71. The molecule has 1 aromatic heterocycles. The first-order valence-electron chi connectivity index (χ1n) is 10.6. The maximum Gasteiger partial charge on any atom is 0.274 e. The van der Waals surface area contributed by atoms with Crippen molar-refractivity contribution in [1.29, 1.82) is 0 Å². The van der Waals surface area contributed by atoms with E-state index < -0.39 is 0 Å². The number of amides is 1. The average molecular weight is 469 g/mol. The number of halogens is 2. The number of carbonyl (C=O) groups is 1. The van der Waals surface area contributed by atoms with E-state index in [9.17, 15) is 4.79 Å². The molecule has 1 fully saturated rings. The van der Waals surface area contributed by atoms with E-state index in [0.29, 0.717) is 18.8 Å². The zero-order valence-corrected chi connectivity index (χ0v) is 19.4. The van der Waals surface area contributed by atoms with Crippen LogP contribution in [-0.4, -0.2) is 60.3 Å². The maximum absolute atomic E-state index is 13.1. The van der Waals surface area contributed by atoms with Gasteiger partial charge in [0.25, 0.3) is 5.91 Å². The highest BCUT2D eigenvalue weighted by molar-refractivity contribution is 5.92. The predicted molar refractivity (Wildman–Crippen MR) is 123 cm³/mol. The summed E-state index contributed by atoms with van der Waals surface area (Å²) in [6.45, 7) is 4.75. The molecule has 0 aliphatic carbocycles. The van der Waals surface area contributed by atoms with Gasteiger partial charge in [0.15, 0.2) is 0 Å². The predicted octanol–water partition coefficient (Wildman–Crippen LogP) is 2.59. The first-order chi connectivity index (χ1) is 14.2. The van der Waals surface area contributed by atoms with Gasteiger partial charge in [-0.25, -0.2) is 4.98 Å². The average Bonchev–Trinajstić information content (AvgIpc) is 3.04. The smallest absolute Gasteiger partial charge is 0.274 e. The van der Waals surface area contributed by atoms with Crippen molar-refractivity contribution in [3.8, 4) is 5.75 Å². The van der Waals surface area contributed by atoms with Crippen molar-refractivity contribution in [3.05, 3.63) is 47.0 Å². The third-order valence-corrected chi connectivity index (χ3v) is 6.53. The Labute approximate surface area is 195 Å². The number of methoxy groups -OCH3 is 1. The van der Waals surface area contributed by atoms with Crippen molar-refractivity contribution < 1.29 is 14.3 Å². The molecular formula is C22H30Cl2N4O3. The van der Waals surface area contributed by atoms with E-state index in [1.165, 1.54) is 11.1 Å². The van der Waals surface area contributed by atoms with Gasteiger partial charge in [0.05, 0.1) is 13.7 Å². The number of rotatable bonds is 2. The number of piperidine rings is 1. The summed E-state index contributed by atoms with van der Waals surface area (Å²) < 4.78 is 14.1. The molecule has 1 N–H and O–H groups in total. The van der Waals surface area contributed by atoms with Gasteiger partial charge in [-0.05, 0) is 30.9 Å². The zero-order chi connectivity index (χ0) is 19.8. The van der Waals surface area contributed by atoms with Gasteiger partial charge < -0.3 is 24.3 Å². The molecule has 1 saturated heterocycles. The minimum absolute atomic E-state index is 0. The van der Waals surface area contributed by atoms with Crippen LogP contribution in [0.2, 0.25) is 0 Å². The third-order valence-electron chi connectivity index (χ3n) is 6.53. The Balaban J connectivity index is 0.00000136. The topological polar surface area (TPSA) is 68.6 Å². The molecule has 0 unspecified atom stereocenters. The second-order valence-corrected chi connectivity index (χ2v) is 8.12. The standard InChI is InChI=1S/C22H28N4O3.2ClH/c1-28-18-4-2-3-16-6-14-29-22(20(16)18)7-11-25(12-8-22)21(27)17-15-26-13-10-23-9-5-19(26)24-17;;/h2-4,15,23H,5-14H2,1H3;2*1H. The van der Waals surface area contributed by atoms with E-state index in [-0.39, 0.29) is 36.3 Å². The van der Waals surface area contributed by atoms with Gasteiger partial charge in [0.2, 0.25) is 0 Å². The van der Waals surface area contributed by atoms with E-state index in [0.717, 1.165) is 63.5 Å². The molecule has 3 aliphatic rings. The quantitative estimate of drug-likeness (QED) is 0.733. The van der Waals surface area contributed by atoms with Crippen molar-refractivity contribution in [3.63, 3.8) is 0 Å². The SMILES string of the molecule is COc1cccc2c1C1(CCN(C(=O)c3cn4c(n3)CCNCC4)CC1)OCC2.Cl.Cl. The second kappa shape index (κ2) is 9.77. The summed E-state index contributed by atoms with van der Waals surface area (Å²) in [7, 11) is 1.72. The van der Waals surface area contributed by atoms with E-state index in [1.54, 1.807) is 7.11 Å². The van der Waals surface area contributed by atoms with Crippen LogP contribution in [0.4, 0.5) is 0 Å². The number of ether oxygens (including phenoxy) is 2. The van der Waals surface area contributed by atoms with Gasteiger partial charge in [0.1, 0.15) is 22.9 Å². The highest BCUT2D eigenvalue weighted by Gasteiger charge is 2.44. The summed E-state index contributed by atoms with van der Waals surface area (Å²) in [4.78, 5) is 19.7. The van der Waals surface area contributed by atoms with Crippen LogP contribution in [0.5, 0.6) is 5.75 Å². The van der Waals surface area contributed by atoms with Crippen molar-refractivity contribution in [1.82, 2.24) is 19.8 Å². The molecule has 0 radical (unpaired) electrons. The minimum Gasteiger partial charge on any atom is -0.496 e. The first kappa shape index (κ1) is 23.9. The second-order valence-electron chi connectivity index (χ2n) is 8.12. The van der Waals surface area contributed by atoms with Crippen LogP contribution in [0.3, 0.4) is 0 Å². The van der Waals surface area contributed by atoms with Gasteiger partial charge in [-0.2, -0.15) is 0 Å². The van der Waals surface area contributed by atoms with Crippen LogP contribution in [0, 0.1) is 0 Å². The molecule has 170 valence electrons. The fraction of sp³-hybridized carbons (Fsp3) is 0.545. The van der Waals surface area contributed by atoms with Crippen LogP contribution in [0.25, 0.3) is 0 Å². The number of aromatic nitrogens is 2. The molecule has 1 amide bonds. The van der Waals surface area contributed by atoms with E-state index >= 15 is 0 Å². The summed E-state index contributed by atoms with van der Waals surface area (Å²) in [5, 5.41) is 3.36. The fourth-order valence-electron chi connectivity index (χ4n) is 5.00. The van der Waals surface area contributed by atoms with Crippen molar-refractivity contribution in [2.75, 3.05) is 39.9 Å². The number of nitrogens with zero attached hydrogens (tertiary/aromatic N) is 3. The Hall–Kier alpha value is -1.80. The highest BCUT2D eigenvalue weighted by atomic mass is 35.5. The van der Waals surface area contributed by atoms with Crippen LogP contribution in [-0.2, 0) is 29.7 Å².